The maximum Gasteiger partial charge on any atom is 0.309 e. The number of hydrogen-bond donors (Lipinski definition) is 1. The molecule has 22 heavy (non-hydrogen) atoms. The van der Waals surface area contributed by atoms with E-state index >= 15 is 0 Å². The summed E-state index contributed by atoms with van der Waals surface area (Å²) < 4.78 is 5.38. The molecular formula is C18H24O4. The van der Waals surface area contributed by atoms with Crippen molar-refractivity contribution in [1.29, 1.82) is 0 Å². The van der Waals surface area contributed by atoms with Crippen molar-refractivity contribution in [2.75, 3.05) is 6.61 Å². The molecule has 1 aromatic carbocycles. The van der Waals surface area contributed by atoms with E-state index in [1.807, 2.05) is 20.8 Å². The summed E-state index contributed by atoms with van der Waals surface area (Å²) in [4.78, 5) is 24.4. The summed E-state index contributed by atoms with van der Waals surface area (Å²) in [7, 11) is 0. The average Bonchev–Trinajstić information content (AvgIpc) is 2.71. The Morgan fingerprint density at radius 1 is 1.23 bits per heavy atom. The smallest absolute Gasteiger partial charge is 0.309 e. The Morgan fingerprint density at radius 3 is 2.27 bits per heavy atom. The van der Waals surface area contributed by atoms with Crippen molar-refractivity contribution in [3.8, 4) is 5.75 Å². The van der Waals surface area contributed by atoms with E-state index < -0.39 is 16.8 Å². The van der Waals surface area contributed by atoms with Gasteiger partial charge in [0.05, 0.1) is 12.0 Å². The molecule has 1 aromatic rings. The molecule has 1 N–H and O–H groups in total. The van der Waals surface area contributed by atoms with Crippen LogP contribution in [0.1, 0.15) is 50.9 Å². The molecule has 2 rings (SSSR count). The summed E-state index contributed by atoms with van der Waals surface area (Å²) in [6.45, 7) is 8.03. The zero-order valence-corrected chi connectivity index (χ0v) is 13.7. The molecule has 0 radical (unpaired) electrons. The fourth-order valence-corrected chi connectivity index (χ4v) is 3.43. The largest absolute Gasteiger partial charge is 0.494 e. The summed E-state index contributed by atoms with van der Waals surface area (Å²) in [5.74, 6) is -0.329. The molecule has 1 aliphatic rings. The van der Waals surface area contributed by atoms with E-state index in [-0.39, 0.29) is 11.7 Å². The Balaban J connectivity index is 2.25. The van der Waals surface area contributed by atoms with E-state index in [0.29, 0.717) is 25.0 Å². The monoisotopic (exact) mass is 304 g/mol. The van der Waals surface area contributed by atoms with Crippen molar-refractivity contribution < 1.29 is 19.4 Å². The summed E-state index contributed by atoms with van der Waals surface area (Å²) in [5, 5.41) is 9.55. The number of benzene rings is 1. The third-order valence-electron chi connectivity index (χ3n) is 5.46. The van der Waals surface area contributed by atoms with Crippen LogP contribution in [0.5, 0.6) is 5.75 Å². The number of carbonyl (C=O) groups is 2. The van der Waals surface area contributed by atoms with Crippen LogP contribution in [0.4, 0.5) is 0 Å². The third-order valence-corrected chi connectivity index (χ3v) is 5.46. The van der Waals surface area contributed by atoms with E-state index in [1.165, 1.54) is 0 Å². The van der Waals surface area contributed by atoms with Crippen LogP contribution in [0, 0.1) is 16.7 Å². The van der Waals surface area contributed by atoms with Gasteiger partial charge in [0.1, 0.15) is 5.75 Å². The Labute approximate surface area is 131 Å². The summed E-state index contributed by atoms with van der Waals surface area (Å²) >= 11 is 0. The maximum atomic E-state index is 12.8. The second kappa shape index (κ2) is 5.75. The molecule has 0 spiro atoms. The SMILES string of the molecule is CCOc1ccc(C(=O)C2CCC(C)(C(=O)O)C2(C)C)cc1. The fourth-order valence-electron chi connectivity index (χ4n) is 3.43. The second-order valence-corrected chi connectivity index (χ2v) is 6.77. The van der Waals surface area contributed by atoms with Gasteiger partial charge in [-0.15, -0.1) is 0 Å². The van der Waals surface area contributed by atoms with Gasteiger partial charge in [-0.3, -0.25) is 9.59 Å². The zero-order chi connectivity index (χ0) is 16.5. The van der Waals surface area contributed by atoms with Crippen molar-refractivity contribution in [3.63, 3.8) is 0 Å². The first-order chi connectivity index (χ1) is 10.2. The minimum Gasteiger partial charge on any atom is -0.494 e. The van der Waals surface area contributed by atoms with Gasteiger partial charge in [0, 0.05) is 11.5 Å². The van der Waals surface area contributed by atoms with Crippen LogP contribution in [0.25, 0.3) is 0 Å². The van der Waals surface area contributed by atoms with Crippen molar-refractivity contribution in [2.45, 2.75) is 40.5 Å². The summed E-state index contributed by atoms with van der Waals surface area (Å²) in [6.07, 6.45) is 1.14. The van der Waals surface area contributed by atoms with Gasteiger partial charge in [-0.1, -0.05) is 13.8 Å². The van der Waals surface area contributed by atoms with Gasteiger partial charge in [-0.05, 0) is 56.4 Å². The highest BCUT2D eigenvalue weighted by molar-refractivity contribution is 5.99. The first-order valence-corrected chi connectivity index (χ1v) is 7.74. The molecule has 0 bridgehead atoms. The molecule has 0 heterocycles. The lowest BCUT2D eigenvalue weighted by Gasteiger charge is -2.37. The number of aliphatic carboxylic acids is 1. The normalized spacial score (nSPS) is 26.6. The van der Waals surface area contributed by atoms with Crippen LogP contribution in [0.2, 0.25) is 0 Å². The lowest BCUT2D eigenvalue weighted by Crippen LogP contribution is -2.42. The third kappa shape index (κ3) is 2.51. The number of carboxylic acids is 1. The standard InChI is InChI=1S/C18H24O4/c1-5-22-13-8-6-12(7-9-13)15(19)14-10-11-18(4,16(20)21)17(14,2)3/h6-9,14H,5,10-11H2,1-4H3,(H,20,21). The number of Topliss-reactive ketones (excluding diaryl/α,β-unsaturated/α-hetero) is 1. The number of ether oxygens (including phenoxy) is 1. The minimum atomic E-state index is -0.863. The summed E-state index contributed by atoms with van der Waals surface area (Å²) in [6, 6.07) is 7.10. The predicted molar refractivity (Wildman–Crippen MR) is 84.2 cm³/mol. The molecule has 1 fully saturated rings. The molecular weight excluding hydrogens is 280 g/mol. The van der Waals surface area contributed by atoms with Gasteiger partial charge >= 0.3 is 5.97 Å². The van der Waals surface area contributed by atoms with E-state index in [4.69, 9.17) is 4.74 Å². The molecule has 4 nitrogen and oxygen atoms in total. The Bertz CT molecular complexity index is 573. The highest BCUT2D eigenvalue weighted by atomic mass is 16.5. The van der Waals surface area contributed by atoms with Crippen LogP contribution in [-0.2, 0) is 4.79 Å². The van der Waals surface area contributed by atoms with Crippen LogP contribution < -0.4 is 4.74 Å². The number of ketones is 1. The Morgan fingerprint density at radius 2 is 1.82 bits per heavy atom. The second-order valence-electron chi connectivity index (χ2n) is 6.77. The number of rotatable bonds is 5. The van der Waals surface area contributed by atoms with E-state index in [1.54, 1.807) is 31.2 Å². The van der Waals surface area contributed by atoms with Gasteiger partial charge in [0.2, 0.25) is 0 Å². The van der Waals surface area contributed by atoms with Crippen LogP contribution >= 0.6 is 0 Å². The number of carbonyl (C=O) groups excluding carboxylic acids is 1. The number of carboxylic acid groups (broad SMARTS) is 1. The first kappa shape index (κ1) is 16.5. The van der Waals surface area contributed by atoms with Gasteiger partial charge in [0.15, 0.2) is 5.78 Å². The molecule has 0 aliphatic heterocycles. The lowest BCUT2D eigenvalue weighted by molar-refractivity contribution is -0.153. The van der Waals surface area contributed by atoms with Crippen molar-refractivity contribution in [3.05, 3.63) is 29.8 Å². The average molecular weight is 304 g/mol. The van der Waals surface area contributed by atoms with E-state index in [0.717, 1.165) is 5.75 Å². The fraction of sp³-hybridized carbons (Fsp3) is 0.556. The first-order valence-electron chi connectivity index (χ1n) is 7.74. The molecule has 120 valence electrons. The Kier molecular flexibility index (Phi) is 4.32. The number of hydrogen-bond acceptors (Lipinski definition) is 3. The quantitative estimate of drug-likeness (QED) is 0.840. The summed E-state index contributed by atoms with van der Waals surface area (Å²) in [5.41, 5.74) is -0.816. The van der Waals surface area contributed by atoms with Crippen molar-refractivity contribution in [2.24, 2.45) is 16.7 Å². The molecule has 0 saturated heterocycles. The lowest BCUT2D eigenvalue weighted by atomic mass is 9.64. The highest BCUT2D eigenvalue weighted by Gasteiger charge is 2.58. The van der Waals surface area contributed by atoms with Crippen molar-refractivity contribution >= 4 is 11.8 Å². The molecule has 0 aromatic heterocycles. The zero-order valence-electron chi connectivity index (χ0n) is 13.7. The molecule has 0 amide bonds. The van der Waals surface area contributed by atoms with E-state index in [9.17, 15) is 14.7 Å². The predicted octanol–water partition coefficient (Wildman–Crippen LogP) is 3.80. The minimum absolute atomic E-state index is 0.0259. The molecule has 1 saturated carbocycles. The van der Waals surface area contributed by atoms with Crippen LogP contribution in [-0.4, -0.2) is 23.5 Å². The van der Waals surface area contributed by atoms with Crippen LogP contribution in [0.15, 0.2) is 24.3 Å². The van der Waals surface area contributed by atoms with Gasteiger partial charge in [-0.2, -0.15) is 0 Å². The molecule has 2 unspecified atom stereocenters. The molecule has 1 aliphatic carbocycles. The van der Waals surface area contributed by atoms with Crippen LogP contribution in [0.3, 0.4) is 0 Å². The van der Waals surface area contributed by atoms with Gasteiger partial charge < -0.3 is 9.84 Å². The van der Waals surface area contributed by atoms with E-state index in [2.05, 4.69) is 0 Å². The maximum absolute atomic E-state index is 12.8. The van der Waals surface area contributed by atoms with Gasteiger partial charge in [-0.25, -0.2) is 0 Å². The Hall–Kier alpha value is -1.84. The molecule has 4 heteroatoms. The van der Waals surface area contributed by atoms with Gasteiger partial charge in [0.25, 0.3) is 0 Å². The van der Waals surface area contributed by atoms with Crippen molar-refractivity contribution in [1.82, 2.24) is 0 Å². The topological polar surface area (TPSA) is 63.6 Å². The highest BCUT2D eigenvalue weighted by Crippen LogP contribution is 2.56. The molecule has 2 atom stereocenters.